The van der Waals surface area contributed by atoms with Gasteiger partial charge in [-0.05, 0) is 64.1 Å². The first-order valence-electron chi connectivity index (χ1n) is 17.2. The van der Waals surface area contributed by atoms with Crippen molar-refractivity contribution in [2.24, 2.45) is 5.92 Å². The van der Waals surface area contributed by atoms with Gasteiger partial charge in [0.25, 0.3) is 11.5 Å². The third-order valence-electron chi connectivity index (χ3n) is 9.81. The van der Waals surface area contributed by atoms with Crippen LogP contribution in [0.3, 0.4) is 0 Å². The van der Waals surface area contributed by atoms with Gasteiger partial charge in [0.1, 0.15) is 29.4 Å². The van der Waals surface area contributed by atoms with Crippen molar-refractivity contribution in [3.8, 4) is 11.5 Å². The van der Waals surface area contributed by atoms with Gasteiger partial charge in [-0.2, -0.15) is 4.57 Å². The average molecular weight is 705 g/mol. The zero-order valence-electron chi connectivity index (χ0n) is 30.2. The number of carbonyl (C=O) groups excluding carboxylic acids is 1. The third-order valence-corrected chi connectivity index (χ3v) is 9.81. The molecular formula is C42H44N2O8. The summed E-state index contributed by atoms with van der Waals surface area (Å²) in [6.07, 6.45) is -1.63. The van der Waals surface area contributed by atoms with Crippen LogP contribution in [0.4, 0.5) is 0 Å². The standard InChI is InChI=1S/C42H44N2O8/c1-27-37(46)35(52-39(27)43-25-24-36(45)44(40(43)48)38(47)28-12-14-29(15-13-28)41(2,3)4)26-51-42(30-10-8-7-9-11-30,31-16-20-33(49-5)21-17-31)32-18-22-34(50-6)23-19-32/h7-25,27,35,37,39,46H,26H2,1-6H3/t27-,35-,37+,39-/m1/s1. The van der Waals surface area contributed by atoms with Crippen LogP contribution in [0.2, 0.25) is 0 Å². The average Bonchev–Trinajstić information content (AvgIpc) is 3.44. The predicted molar refractivity (Wildman–Crippen MR) is 197 cm³/mol. The molecule has 52 heavy (non-hydrogen) atoms. The summed E-state index contributed by atoms with van der Waals surface area (Å²) in [5, 5.41) is 11.5. The maximum atomic E-state index is 13.8. The van der Waals surface area contributed by atoms with E-state index in [1.54, 1.807) is 33.3 Å². The Morgan fingerprint density at radius 3 is 1.79 bits per heavy atom. The van der Waals surface area contributed by atoms with Crippen molar-refractivity contribution >= 4 is 5.91 Å². The second kappa shape index (κ2) is 14.7. The van der Waals surface area contributed by atoms with Crippen molar-refractivity contribution < 1.29 is 28.8 Å². The van der Waals surface area contributed by atoms with E-state index in [2.05, 4.69) is 20.8 Å². The predicted octanol–water partition coefficient (Wildman–Crippen LogP) is 5.92. The lowest BCUT2D eigenvalue weighted by molar-refractivity contribution is -0.0949. The number of carbonyl (C=O) groups is 1. The van der Waals surface area contributed by atoms with Gasteiger partial charge in [0.05, 0.1) is 26.9 Å². The number of aliphatic hydroxyl groups is 1. The second-order valence-electron chi connectivity index (χ2n) is 14.0. The van der Waals surface area contributed by atoms with Crippen LogP contribution in [0.5, 0.6) is 11.5 Å². The van der Waals surface area contributed by atoms with E-state index >= 15 is 0 Å². The molecule has 0 bridgehead atoms. The molecule has 1 aliphatic rings. The van der Waals surface area contributed by atoms with Gasteiger partial charge in [-0.15, -0.1) is 0 Å². The largest absolute Gasteiger partial charge is 0.497 e. The van der Waals surface area contributed by atoms with Gasteiger partial charge in [0, 0.05) is 23.7 Å². The molecule has 1 fully saturated rings. The second-order valence-corrected chi connectivity index (χ2v) is 14.0. The van der Waals surface area contributed by atoms with Crippen LogP contribution in [-0.4, -0.2) is 53.2 Å². The van der Waals surface area contributed by atoms with E-state index in [1.807, 2.05) is 91.0 Å². The van der Waals surface area contributed by atoms with Crippen LogP contribution in [-0.2, 0) is 20.5 Å². The number of aliphatic hydroxyl groups excluding tert-OH is 1. The van der Waals surface area contributed by atoms with Gasteiger partial charge in [-0.3, -0.25) is 14.2 Å². The van der Waals surface area contributed by atoms with Crippen LogP contribution in [0.15, 0.2) is 125 Å². The summed E-state index contributed by atoms with van der Waals surface area (Å²) in [5.41, 5.74) is 0.723. The van der Waals surface area contributed by atoms with E-state index in [1.165, 1.54) is 10.8 Å². The molecule has 5 aromatic rings. The Morgan fingerprint density at radius 2 is 1.27 bits per heavy atom. The van der Waals surface area contributed by atoms with Crippen LogP contribution >= 0.6 is 0 Å². The maximum Gasteiger partial charge on any atom is 0.340 e. The first kappa shape index (κ1) is 36.5. The number of methoxy groups -OCH3 is 2. The Kier molecular flexibility index (Phi) is 10.4. The first-order valence-corrected chi connectivity index (χ1v) is 17.2. The van der Waals surface area contributed by atoms with Crippen molar-refractivity contribution in [1.82, 2.24) is 9.13 Å². The van der Waals surface area contributed by atoms with Crippen molar-refractivity contribution in [1.29, 1.82) is 0 Å². The Hall–Kier alpha value is -5.29. The highest BCUT2D eigenvalue weighted by molar-refractivity contribution is 5.95. The summed E-state index contributed by atoms with van der Waals surface area (Å²) in [4.78, 5) is 40.4. The van der Waals surface area contributed by atoms with Gasteiger partial charge in [-0.1, -0.05) is 94.4 Å². The lowest BCUT2D eigenvalue weighted by atomic mass is 9.80. The molecule has 270 valence electrons. The molecule has 0 amide bonds. The summed E-state index contributed by atoms with van der Waals surface area (Å²) >= 11 is 0. The zero-order chi connectivity index (χ0) is 37.2. The molecule has 0 spiro atoms. The van der Waals surface area contributed by atoms with Gasteiger partial charge in [-0.25, -0.2) is 4.79 Å². The van der Waals surface area contributed by atoms with Crippen molar-refractivity contribution in [3.05, 3.63) is 164 Å². The molecule has 4 atom stereocenters. The van der Waals surface area contributed by atoms with E-state index in [-0.39, 0.29) is 17.6 Å². The Balaban J connectivity index is 1.34. The number of benzene rings is 4. The minimum atomic E-state index is -1.16. The smallest absolute Gasteiger partial charge is 0.340 e. The summed E-state index contributed by atoms with van der Waals surface area (Å²) in [6.45, 7) is 7.84. The third kappa shape index (κ3) is 6.85. The highest BCUT2D eigenvalue weighted by atomic mass is 16.6. The van der Waals surface area contributed by atoms with Gasteiger partial charge in [0.15, 0.2) is 0 Å². The minimum Gasteiger partial charge on any atom is -0.497 e. The number of nitrogens with zero attached hydrogens (tertiary/aromatic N) is 2. The van der Waals surface area contributed by atoms with Crippen LogP contribution in [0.1, 0.15) is 66.5 Å². The molecule has 0 unspecified atom stereocenters. The van der Waals surface area contributed by atoms with Crippen molar-refractivity contribution in [2.45, 2.75) is 57.1 Å². The molecule has 0 aliphatic carbocycles. The molecule has 1 N–H and O–H groups in total. The molecule has 4 aromatic carbocycles. The fraction of sp³-hybridized carbons (Fsp3) is 0.310. The quantitative estimate of drug-likeness (QED) is 0.178. The van der Waals surface area contributed by atoms with Crippen LogP contribution in [0, 0.1) is 5.92 Å². The van der Waals surface area contributed by atoms with Gasteiger partial charge in [0.2, 0.25) is 0 Å². The van der Waals surface area contributed by atoms with Crippen molar-refractivity contribution in [2.75, 3.05) is 20.8 Å². The van der Waals surface area contributed by atoms with Gasteiger partial charge < -0.3 is 24.1 Å². The minimum absolute atomic E-state index is 0.0809. The number of hydrogen-bond acceptors (Lipinski definition) is 8. The zero-order valence-corrected chi connectivity index (χ0v) is 30.2. The molecule has 1 saturated heterocycles. The fourth-order valence-electron chi connectivity index (χ4n) is 6.74. The Morgan fingerprint density at radius 1 is 0.750 bits per heavy atom. The number of rotatable bonds is 10. The highest BCUT2D eigenvalue weighted by Crippen LogP contribution is 2.43. The van der Waals surface area contributed by atoms with E-state index in [4.69, 9.17) is 18.9 Å². The molecule has 0 saturated carbocycles. The molecule has 2 heterocycles. The van der Waals surface area contributed by atoms with Gasteiger partial charge >= 0.3 is 5.69 Å². The van der Waals surface area contributed by atoms with E-state index < -0.39 is 47.1 Å². The Bertz CT molecular complexity index is 2070. The molecule has 10 nitrogen and oxygen atoms in total. The van der Waals surface area contributed by atoms with Crippen molar-refractivity contribution in [3.63, 3.8) is 0 Å². The summed E-state index contributed by atoms with van der Waals surface area (Å²) < 4.78 is 26.0. The number of hydrogen-bond donors (Lipinski definition) is 1. The van der Waals surface area contributed by atoms with E-state index in [0.717, 1.165) is 28.3 Å². The summed E-state index contributed by atoms with van der Waals surface area (Å²) in [6, 6.07) is 32.9. The van der Waals surface area contributed by atoms with E-state index in [0.29, 0.717) is 16.1 Å². The summed E-state index contributed by atoms with van der Waals surface area (Å²) in [5.74, 6) is 0.00622. The lowest BCUT2D eigenvalue weighted by Crippen LogP contribution is -2.45. The monoisotopic (exact) mass is 704 g/mol. The van der Waals surface area contributed by atoms with Crippen LogP contribution in [0.25, 0.3) is 0 Å². The lowest BCUT2D eigenvalue weighted by Gasteiger charge is -2.37. The first-order chi connectivity index (χ1) is 24.9. The SMILES string of the molecule is COc1ccc(C(OC[C@H]2O[C@@H](n3ccc(=O)n(C(=O)c4ccc(C(C)(C)C)cc4)c3=O)[C@H](C)[C@@H]2O)(c2ccccc2)c2ccc(OC)cc2)cc1. The topological polar surface area (TPSA) is 118 Å². The highest BCUT2D eigenvalue weighted by Gasteiger charge is 2.45. The molecule has 1 aliphatic heterocycles. The number of ether oxygens (including phenoxy) is 4. The molecule has 6 rings (SSSR count). The normalized spacial score (nSPS) is 19.0. The Labute approximate surface area is 302 Å². The van der Waals surface area contributed by atoms with E-state index in [9.17, 15) is 19.5 Å². The molecule has 1 aromatic heterocycles. The van der Waals surface area contributed by atoms with Crippen LogP contribution < -0.4 is 20.7 Å². The fourth-order valence-corrected chi connectivity index (χ4v) is 6.74. The molecule has 0 radical (unpaired) electrons. The number of aromatic nitrogens is 2. The summed E-state index contributed by atoms with van der Waals surface area (Å²) in [7, 11) is 3.21. The molecule has 10 heteroatoms. The maximum absolute atomic E-state index is 13.8. The molecular weight excluding hydrogens is 660 g/mol.